The largest absolute Gasteiger partial charge is 0.477 e. The topological polar surface area (TPSA) is 63.3 Å². The first kappa shape index (κ1) is 13.5. The number of carbonyl (C=O) groups is 1. The Morgan fingerprint density at radius 2 is 2.00 bits per heavy atom. The zero-order chi connectivity index (χ0) is 14.2. The molecule has 1 heterocycles. The van der Waals surface area contributed by atoms with E-state index in [1.165, 1.54) is 6.07 Å². The van der Waals surface area contributed by atoms with Crippen molar-refractivity contribution in [2.24, 2.45) is 0 Å². The minimum absolute atomic E-state index is 0.0268. The molecule has 0 saturated heterocycles. The normalized spacial score (nSPS) is 10.9. The van der Waals surface area contributed by atoms with Gasteiger partial charge in [0.2, 0.25) is 0 Å². The highest BCUT2D eigenvalue weighted by Crippen LogP contribution is 2.43. The number of halogens is 1. The van der Waals surface area contributed by atoms with Crippen molar-refractivity contribution in [3.8, 4) is 10.4 Å². The Bertz CT molecular complexity index is 634. The van der Waals surface area contributed by atoms with Crippen LogP contribution in [-0.2, 0) is 0 Å². The summed E-state index contributed by atoms with van der Waals surface area (Å²) < 4.78 is 13.9. The van der Waals surface area contributed by atoms with Crippen LogP contribution >= 0.6 is 11.3 Å². The van der Waals surface area contributed by atoms with Crippen molar-refractivity contribution in [2.75, 3.05) is 5.73 Å². The lowest BCUT2D eigenvalue weighted by Crippen LogP contribution is -2.00. The molecule has 0 radical (unpaired) electrons. The number of hydrogen-bond donors (Lipinski definition) is 2. The molecule has 5 heteroatoms. The number of nitrogen functional groups attached to an aromatic ring is 1. The molecule has 19 heavy (non-hydrogen) atoms. The molecule has 0 aliphatic rings. The minimum atomic E-state index is -1.08. The third-order valence-electron chi connectivity index (χ3n) is 2.87. The summed E-state index contributed by atoms with van der Waals surface area (Å²) in [6.45, 7) is 3.82. The molecule has 2 rings (SSSR count). The van der Waals surface area contributed by atoms with Gasteiger partial charge < -0.3 is 10.8 Å². The van der Waals surface area contributed by atoms with Crippen LogP contribution < -0.4 is 5.73 Å². The van der Waals surface area contributed by atoms with Gasteiger partial charge in [-0.3, -0.25) is 0 Å². The lowest BCUT2D eigenvalue weighted by molar-refractivity contribution is 0.0703. The highest BCUT2D eigenvalue weighted by Gasteiger charge is 2.24. The molecule has 3 N–H and O–H groups in total. The lowest BCUT2D eigenvalue weighted by atomic mass is 9.98. The highest BCUT2D eigenvalue weighted by atomic mass is 32.1. The fraction of sp³-hybridized carbons (Fsp3) is 0.214. The van der Waals surface area contributed by atoms with Crippen LogP contribution in [-0.4, -0.2) is 11.1 Å². The quantitative estimate of drug-likeness (QED) is 0.894. The number of anilines is 1. The standard InChI is InChI=1S/C14H14FNO2S/c1-7(2)10-11(16)13(14(17)18)19-12(10)8-5-3-4-6-9(8)15/h3-7H,16H2,1-2H3,(H,17,18). The second kappa shape index (κ2) is 5.01. The van der Waals surface area contributed by atoms with Crippen molar-refractivity contribution in [3.05, 3.63) is 40.5 Å². The van der Waals surface area contributed by atoms with Gasteiger partial charge in [0.1, 0.15) is 10.7 Å². The van der Waals surface area contributed by atoms with Crippen LogP contribution in [0.15, 0.2) is 24.3 Å². The van der Waals surface area contributed by atoms with Crippen molar-refractivity contribution in [3.63, 3.8) is 0 Å². The van der Waals surface area contributed by atoms with Gasteiger partial charge in [0.15, 0.2) is 0 Å². The molecule has 2 aromatic rings. The van der Waals surface area contributed by atoms with Gasteiger partial charge >= 0.3 is 5.97 Å². The van der Waals surface area contributed by atoms with E-state index in [0.717, 1.165) is 11.3 Å². The van der Waals surface area contributed by atoms with Gasteiger partial charge in [0.05, 0.1) is 5.69 Å². The Kier molecular flexibility index (Phi) is 3.57. The zero-order valence-electron chi connectivity index (χ0n) is 10.6. The molecule has 0 bridgehead atoms. The number of hydrogen-bond acceptors (Lipinski definition) is 3. The fourth-order valence-corrected chi connectivity index (χ4v) is 3.28. The van der Waals surface area contributed by atoms with Crippen LogP contribution in [0.4, 0.5) is 10.1 Å². The maximum Gasteiger partial charge on any atom is 0.348 e. The number of thiophene rings is 1. The third-order valence-corrected chi connectivity index (χ3v) is 4.12. The van der Waals surface area contributed by atoms with Crippen LogP contribution in [0.25, 0.3) is 10.4 Å². The van der Waals surface area contributed by atoms with Gasteiger partial charge in [-0.15, -0.1) is 11.3 Å². The Morgan fingerprint density at radius 1 is 1.37 bits per heavy atom. The molecule has 0 fully saturated rings. The molecule has 0 aliphatic carbocycles. The molecule has 1 aromatic carbocycles. The molecule has 3 nitrogen and oxygen atoms in total. The minimum Gasteiger partial charge on any atom is -0.477 e. The number of aromatic carboxylic acids is 1. The molecule has 0 saturated carbocycles. The summed E-state index contributed by atoms with van der Waals surface area (Å²) in [4.78, 5) is 11.8. The number of rotatable bonds is 3. The van der Waals surface area contributed by atoms with Crippen molar-refractivity contribution in [1.29, 1.82) is 0 Å². The predicted molar refractivity (Wildman–Crippen MR) is 75.2 cm³/mol. The van der Waals surface area contributed by atoms with Crippen LogP contribution in [0.2, 0.25) is 0 Å². The van der Waals surface area contributed by atoms with E-state index in [2.05, 4.69) is 0 Å². The summed E-state index contributed by atoms with van der Waals surface area (Å²) in [5, 5.41) is 9.14. The fourth-order valence-electron chi connectivity index (χ4n) is 2.03. The van der Waals surface area contributed by atoms with Crippen LogP contribution in [0.5, 0.6) is 0 Å². The summed E-state index contributed by atoms with van der Waals surface area (Å²) >= 11 is 1.03. The number of benzene rings is 1. The van der Waals surface area contributed by atoms with Gasteiger partial charge in [-0.1, -0.05) is 32.0 Å². The summed E-state index contributed by atoms with van der Waals surface area (Å²) in [5.41, 5.74) is 7.24. The Labute approximate surface area is 114 Å². The first-order valence-electron chi connectivity index (χ1n) is 5.83. The summed E-state index contributed by atoms with van der Waals surface area (Å²) in [6, 6.07) is 6.32. The maximum atomic E-state index is 13.9. The first-order chi connectivity index (χ1) is 8.93. The highest BCUT2D eigenvalue weighted by molar-refractivity contribution is 7.18. The van der Waals surface area contributed by atoms with E-state index < -0.39 is 5.97 Å². The zero-order valence-corrected chi connectivity index (χ0v) is 11.4. The molecule has 100 valence electrons. The second-order valence-electron chi connectivity index (χ2n) is 4.53. The smallest absolute Gasteiger partial charge is 0.348 e. The molecule has 0 atom stereocenters. The molecule has 0 unspecified atom stereocenters. The van der Waals surface area contributed by atoms with Crippen molar-refractivity contribution in [1.82, 2.24) is 0 Å². The van der Waals surface area contributed by atoms with E-state index in [0.29, 0.717) is 16.0 Å². The number of nitrogens with two attached hydrogens (primary N) is 1. The molecule has 0 aliphatic heterocycles. The van der Waals surface area contributed by atoms with Crippen LogP contribution in [0.1, 0.15) is 35.0 Å². The van der Waals surface area contributed by atoms with Crippen molar-refractivity contribution >= 4 is 23.0 Å². The second-order valence-corrected chi connectivity index (χ2v) is 5.55. The first-order valence-corrected chi connectivity index (χ1v) is 6.65. The molecule has 0 amide bonds. The summed E-state index contributed by atoms with van der Waals surface area (Å²) in [5.74, 6) is -1.42. The van der Waals surface area contributed by atoms with E-state index in [4.69, 9.17) is 10.8 Å². The maximum absolute atomic E-state index is 13.9. The van der Waals surface area contributed by atoms with Gasteiger partial charge in [-0.05, 0) is 17.5 Å². The summed E-state index contributed by atoms with van der Waals surface area (Å²) in [6.07, 6.45) is 0. The number of carboxylic acids is 1. The Morgan fingerprint density at radius 3 is 2.53 bits per heavy atom. The van der Waals surface area contributed by atoms with Gasteiger partial charge in [0.25, 0.3) is 0 Å². The molecule has 0 spiro atoms. The Hall–Kier alpha value is -1.88. The van der Waals surface area contributed by atoms with Gasteiger partial charge in [0, 0.05) is 10.4 Å². The van der Waals surface area contributed by atoms with Crippen molar-refractivity contribution in [2.45, 2.75) is 19.8 Å². The molecular weight excluding hydrogens is 265 g/mol. The van der Waals surface area contributed by atoms with E-state index in [1.807, 2.05) is 13.8 Å². The average Bonchev–Trinajstić information content (AvgIpc) is 2.67. The van der Waals surface area contributed by atoms with Crippen LogP contribution in [0, 0.1) is 5.82 Å². The van der Waals surface area contributed by atoms with Crippen molar-refractivity contribution < 1.29 is 14.3 Å². The lowest BCUT2D eigenvalue weighted by Gasteiger charge is -2.09. The van der Waals surface area contributed by atoms with Crippen LogP contribution in [0.3, 0.4) is 0 Å². The summed E-state index contributed by atoms with van der Waals surface area (Å²) in [7, 11) is 0. The average molecular weight is 279 g/mol. The van der Waals surface area contributed by atoms with E-state index >= 15 is 0 Å². The van der Waals surface area contributed by atoms with Gasteiger partial charge in [-0.25, -0.2) is 9.18 Å². The monoisotopic (exact) mass is 279 g/mol. The SMILES string of the molecule is CC(C)c1c(-c2ccccc2F)sc(C(=O)O)c1N. The third kappa shape index (κ3) is 2.33. The van der Waals surface area contributed by atoms with E-state index in [9.17, 15) is 9.18 Å². The number of carboxylic acid groups (broad SMARTS) is 1. The van der Waals surface area contributed by atoms with E-state index in [-0.39, 0.29) is 22.3 Å². The molecular formula is C14H14FNO2S. The molecule has 1 aromatic heterocycles. The Balaban J connectivity index is 2.73. The van der Waals surface area contributed by atoms with Gasteiger partial charge in [-0.2, -0.15) is 0 Å². The van der Waals surface area contributed by atoms with E-state index in [1.54, 1.807) is 18.2 Å². The predicted octanol–water partition coefficient (Wildman–Crippen LogP) is 3.96.